The van der Waals surface area contributed by atoms with Crippen molar-refractivity contribution in [1.82, 2.24) is 9.21 Å². The summed E-state index contributed by atoms with van der Waals surface area (Å²) in [5.41, 5.74) is 1.87. The van der Waals surface area contributed by atoms with Gasteiger partial charge in [-0.25, -0.2) is 8.42 Å². The van der Waals surface area contributed by atoms with Crippen LogP contribution in [0.25, 0.3) is 10.8 Å². The molecule has 0 spiro atoms. The first-order chi connectivity index (χ1) is 14.4. The molecule has 1 heterocycles. The number of aromatic hydroxyl groups is 1. The van der Waals surface area contributed by atoms with Gasteiger partial charge in [-0.2, -0.15) is 4.31 Å². The van der Waals surface area contributed by atoms with Crippen molar-refractivity contribution >= 4 is 20.8 Å². The first-order valence-corrected chi connectivity index (χ1v) is 11.4. The SMILES string of the molecule is COc1ccc2ccc(O)c(CN3CCN(S(=O)(=O)c4ccc(C)cc4)CC3)c2c1. The van der Waals surface area contributed by atoms with E-state index >= 15 is 0 Å². The Morgan fingerprint density at radius 2 is 1.63 bits per heavy atom. The maximum Gasteiger partial charge on any atom is 0.243 e. The molecule has 158 valence electrons. The fourth-order valence-electron chi connectivity index (χ4n) is 3.85. The summed E-state index contributed by atoms with van der Waals surface area (Å²) >= 11 is 0. The van der Waals surface area contributed by atoms with Crippen molar-refractivity contribution in [2.75, 3.05) is 33.3 Å². The van der Waals surface area contributed by atoms with E-state index < -0.39 is 10.0 Å². The lowest BCUT2D eigenvalue weighted by Crippen LogP contribution is -2.48. The number of sulfonamides is 1. The van der Waals surface area contributed by atoms with E-state index in [4.69, 9.17) is 4.74 Å². The van der Waals surface area contributed by atoms with Crippen LogP contribution >= 0.6 is 0 Å². The van der Waals surface area contributed by atoms with Crippen LogP contribution in [0.1, 0.15) is 11.1 Å². The predicted molar refractivity (Wildman–Crippen MR) is 117 cm³/mol. The zero-order valence-electron chi connectivity index (χ0n) is 17.2. The normalized spacial score (nSPS) is 16.1. The summed E-state index contributed by atoms with van der Waals surface area (Å²) < 4.78 is 32.7. The number of phenolic OH excluding ortho intramolecular Hbond substituents is 1. The molecule has 0 bridgehead atoms. The lowest BCUT2D eigenvalue weighted by molar-refractivity contribution is 0.180. The molecule has 7 heteroatoms. The van der Waals surface area contributed by atoms with E-state index in [1.54, 1.807) is 29.6 Å². The first-order valence-electron chi connectivity index (χ1n) is 9.96. The Bertz CT molecular complexity index is 1150. The van der Waals surface area contributed by atoms with Crippen LogP contribution in [0.2, 0.25) is 0 Å². The standard InChI is InChI=1S/C23H26N2O4S/c1-17-3-8-20(9-4-17)30(27,28)25-13-11-24(12-14-25)16-22-21-15-19(29-2)7-5-18(21)6-10-23(22)26/h3-10,15,26H,11-14,16H2,1-2H3. The molecule has 0 saturated carbocycles. The molecule has 0 unspecified atom stereocenters. The van der Waals surface area contributed by atoms with Crippen molar-refractivity contribution in [3.05, 3.63) is 65.7 Å². The van der Waals surface area contributed by atoms with Crippen molar-refractivity contribution < 1.29 is 18.3 Å². The summed E-state index contributed by atoms with van der Waals surface area (Å²) in [6, 6.07) is 16.4. The number of nitrogens with zero attached hydrogens (tertiary/aromatic N) is 2. The Kier molecular flexibility index (Phi) is 5.69. The van der Waals surface area contributed by atoms with Crippen LogP contribution in [0.15, 0.2) is 59.5 Å². The second-order valence-electron chi connectivity index (χ2n) is 7.64. The summed E-state index contributed by atoms with van der Waals surface area (Å²) in [6.07, 6.45) is 0. The highest BCUT2D eigenvalue weighted by atomic mass is 32.2. The molecule has 30 heavy (non-hydrogen) atoms. The molecule has 0 aliphatic carbocycles. The molecule has 4 rings (SSSR count). The van der Waals surface area contributed by atoms with Gasteiger partial charge in [-0.15, -0.1) is 0 Å². The van der Waals surface area contributed by atoms with E-state index in [1.807, 2.05) is 43.3 Å². The van der Waals surface area contributed by atoms with E-state index in [-0.39, 0.29) is 5.75 Å². The van der Waals surface area contributed by atoms with Gasteiger partial charge in [0, 0.05) is 38.3 Å². The van der Waals surface area contributed by atoms with Crippen LogP contribution in [0.4, 0.5) is 0 Å². The third-order valence-corrected chi connectivity index (χ3v) is 7.60. The van der Waals surface area contributed by atoms with Gasteiger partial charge in [0.2, 0.25) is 10.0 Å². The van der Waals surface area contributed by atoms with Crippen molar-refractivity contribution in [3.63, 3.8) is 0 Å². The number of rotatable bonds is 5. The van der Waals surface area contributed by atoms with E-state index in [0.29, 0.717) is 37.6 Å². The lowest BCUT2D eigenvalue weighted by atomic mass is 10.0. The minimum atomic E-state index is -3.49. The van der Waals surface area contributed by atoms with Crippen molar-refractivity contribution in [2.24, 2.45) is 0 Å². The maximum atomic E-state index is 12.9. The molecule has 0 atom stereocenters. The Labute approximate surface area is 177 Å². The number of hydrogen-bond acceptors (Lipinski definition) is 5. The summed E-state index contributed by atoms with van der Waals surface area (Å²) in [6.45, 7) is 4.54. The smallest absolute Gasteiger partial charge is 0.243 e. The third-order valence-electron chi connectivity index (χ3n) is 5.69. The number of ether oxygens (including phenoxy) is 1. The second kappa shape index (κ2) is 8.26. The molecular weight excluding hydrogens is 400 g/mol. The molecule has 1 N–H and O–H groups in total. The van der Waals surface area contributed by atoms with Gasteiger partial charge in [0.25, 0.3) is 0 Å². The average molecular weight is 427 g/mol. The van der Waals surface area contributed by atoms with E-state index in [0.717, 1.165) is 27.6 Å². The van der Waals surface area contributed by atoms with Gasteiger partial charge in [0.15, 0.2) is 0 Å². The van der Waals surface area contributed by atoms with Gasteiger partial charge in [-0.05, 0) is 48.0 Å². The van der Waals surface area contributed by atoms with Gasteiger partial charge in [0.1, 0.15) is 11.5 Å². The molecular formula is C23H26N2O4S. The molecule has 0 radical (unpaired) electrons. The number of piperazine rings is 1. The second-order valence-corrected chi connectivity index (χ2v) is 9.58. The quantitative estimate of drug-likeness (QED) is 0.677. The minimum absolute atomic E-state index is 0.241. The largest absolute Gasteiger partial charge is 0.508 e. The van der Waals surface area contributed by atoms with E-state index in [1.165, 1.54) is 0 Å². The van der Waals surface area contributed by atoms with Gasteiger partial charge < -0.3 is 9.84 Å². The monoisotopic (exact) mass is 426 g/mol. The van der Waals surface area contributed by atoms with Crippen molar-refractivity contribution in [1.29, 1.82) is 0 Å². The number of phenols is 1. The number of methoxy groups -OCH3 is 1. The van der Waals surface area contributed by atoms with Gasteiger partial charge in [0.05, 0.1) is 12.0 Å². The highest BCUT2D eigenvalue weighted by Crippen LogP contribution is 2.31. The summed E-state index contributed by atoms with van der Waals surface area (Å²) in [5, 5.41) is 12.5. The third kappa shape index (κ3) is 4.01. The zero-order chi connectivity index (χ0) is 21.3. The van der Waals surface area contributed by atoms with Crippen LogP contribution < -0.4 is 4.74 Å². The molecule has 3 aromatic rings. The number of aryl methyl sites for hydroxylation is 1. The Balaban J connectivity index is 1.50. The zero-order valence-corrected chi connectivity index (χ0v) is 18.0. The fourth-order valence-corrected chi connectivity index (χ4v) is 5.28. The van der Waals surface area contributed by atoms with Crippen LogP contribution in [-0.2, 0) is 16.6 Å². The summed E-state index contributed by atoms with van der Waals surface area (Å²) in [7, 11) is -1.86. The molecule has 6 nitrogen and oxygen atoms in total. The van der Waals surface area contributed by atoms with Crippen molar-refractivity contribution in [2.45, 2.75) is 18.4 Å². The fraction of sp³-hybridized carbons (Fsp3) is 0.304. The lowest BCUT2D eigenvalue weighted by Gasteiger charge is -2.34. The topological polar surface area (TPSA) is 70.1 Å². The highest BCUT2D eigenvalue weighted by Gasteiger charge is 2.28. The molecule has 1 saturated heterocycles. The predicted octanol–water partition coefficient (Wildman–Crippen LogP) is 3.37. The Hall–Kier alpha value is -2.61. The summed E-state index contributed by atoms with van der Waals surface area (Å²) in [5.74, 6) is 0.980. The molecule has 1 fully saturated rings. The van der Waals surface area contributed by atoms with Crippen LogP contribution in [0.3, 0.4) is 0 Å². The Morgan fingerprint density at radius 1 is 0.967 bits per heavy atom. The van der Waals surface area contributed by atoms with Crippen LogP contribution in [-0.4, -0.2) is 56.0 Å². The van der Waals surface area contributed by atoms with E-state index in [9.17, 15) is 13.5 Å². The first kappa shape index (κ1) is 20.7. The molecule has 3 aromatic carbocycles. The molecule has 1 aliphatic rings. The van der Waals surface area contributed by atoms with Gasteiger partial charge in [-0.3, -0.25) is 4.90 Å². The number of hydrogen-bond donors (Lipinski definition) is 1. The highest BCUT2D eigenvalue weighted by molar-refractivity contribution is 7.89. The van der Waals surface area contributed by atoms with Crippen LogP contribution in [0, 0.1) is 6.92 Å². The minimum Gasteiger partial charge on any atom is -0.508 e. The molecule has 0 aromatic heterocycles. The van der Waals surface area contributed by atoms with Gasteiger partial charge in [-0.1, -0.05) is 29.8 Å². The van der Waals surface area contributed by atoms with Crippen molar-refractivity contribution in [3.8, 4) is 11.5 Å². The average Bonchev–Trinajstić information content (AvgIpc) is 2.76. The van der Waals surface area contributed by atoms with Crippen LogP contribution in [0.5, 0.6) is 11.5 Å². The number of benzene rings is 3. The molecule has 0 amide bonds. The molecule has 1 aliphatic heterocycles. The summed E-state index contributed by atoms with van der Waals surface area (Å²) in [4.78, 5) is 2.51. The van der Waals surface area contributed by atoms with Gasteiger partial charge >= 0.3 is 0 Å². The van der Waals surface area contributed by atoms with E-state index in [2.05, 4.69) is 4.90 Å². The Morgan fingerprint density at radius 3 is 2.30 bits per heavy atom. The maximum absolute atomic E-state index is 12.9. The number of fused-ring (bicyclic) bond motifs is 1.